The molecule has 9 heteroatoms. The molecule has 2 aromatic rings. The van der Waals surface area contributed by atoms with Crippen LogP contribution in [0.25, 0.3) is 11.5 Å². The Bertz CT molecular complexity index is 831. The number of methoxy groups -OCH3 is 1. The van der Waals surface area contributed by atoms with Gasteiger partial charge in [0.25, 0.3) is 5.89 Å². The van der Waals surface area contributed by atoms with Crippen LogP contribution < -0.4 is 10.1 Å². The molecule has 0 bridgehead atoms. The molecular weight excluding hydrogens is 356 g/mol. The number of hydrogen-bond donors (Lipinski definition) is 1. The van der Waals surface area contributed by atoms with Gasteiger partial charge in [0.2, 0.25) is 10.0 Å². The molecule has 26 heavy (non-hydrogen) atoms. The largest absolute Gasteiger partial charge is 0.495 e. The minimum Gasteiger partial charge on any atom is -0.495 e. The van der Waals surface area contributed by atoms with Gasteiger partial charge in [0.15, 0.2) is 5.82 Å². The molecule has 1 aromatic heterocycles. The Morgan fingerprint density at radius 3 is 2.58 bits per heavy atom. The van der Waals surface area contributed by atoms with E-state index in [-0.39, 0.29) is 22.6 Å². The molecule has 1 unspecified atom stereocenters. The third-order valence-corrected chi connectivity index (χ3v) is 6.25. The Hall–Kier alpha value is -1.97. The Morgan fingerprint density at radius 2 is 2.00 bits per heavy atom. The normalized spacial score (nSPS) is 13.2. The first-order valence-electron chi connectivity index (χ1n) is 8.55. The zero-order valence-electron chi connectivity index (χ0n) is 15.8. The third kappa shape index (κ3) is 4.22. The van der Waals surface area contributed by atoms with E-state index in [2.05, 4.69) is 15.5 Å². The van der Waals surface area contributed by atoms with Crippen molar-refractivity contribution < 1.29 is 17.7 Å². The van der Waals surface area contributed by atoms with Crippen LogP contribution in [0, 0.1) is 0 Å². The number of likely N-dealkylation sites (N-methyl/N-ethyl adjacent to an activating group) is 1. The number of hydrogen-bond acceptors (Lipinski definition) is 7. The summed E-state index contributed by atoms with van der Waals surface area (Å²) < 4.78 is 37.8. The van der Waals surface area contributed by atoms with Crippen LogP contribution in [-0.4, -0.2) is 56.2 Å². The van der Waals surface area contributed by atoms with Crippen LogP contribution >= 0.6 is 0 Å². The highest BCUT2D eigenvalue weighted by atomic mass is 32.2. The monoisotopic (exact) mass is 382 g/mol. The third-order valence-electron chi connectivity index (χ3n) is 4.18. The molecule has 0 saturated carbocycles. The fourth-order valence-electron chi connectivity index (χ4n) is 2.54. The number of nitrogens with one attached hydrogen (secondary N) is 1. The first-order chi connectivity index (χ1) is 12.4. The molecule has 0 aliphatic carbocycles. The molecule has 8 nitrogen and oxygen atoms in total. The van der Waals surface area contributed by atoms with Crippen molar-refractivity contribution in [3.8, 4) is 17.2 Å². The summed E-state index contributed by atoms with van der Waals surface area (Å²) in [6.45, 7) is 6.35. The van der Waals surface area contributed by atoms with E-state index in [4.69, 9.17) is 9.26 Å². The first kappa shape index (κ1) is 20.3. The van der Waals surface area contributed by atoms with Crippen LogP contribution in [0.5, 0.6) is 5.75 Å². The average Bonchev–Trinajstić information content (AvgIpc) is 3.10. The fourth-order valence-corrected chi connectivity index (χ4v) is 4.18. The maximum atomic E-state index is 12.9. The zero-order chi connectivity index (χ0) is 19.3. The van der Waals surface area contributed by atoms with Crippen molar-refractivity contribution in [1.82, 2.24) is 19.8 Å². The Labute approximate surface area is 154 Å². The molecule has 1 atom stereocenters. The van der Waals surface area contributed by atoms with Gasteiger partial charge < -0.3 is 14.6 Å². The van der Waals surface area contributed by atoms with Gasteiger partial charge in [-0.05, 0) is 32.2 Å². The lowest BCUT2D eigenvalue weighted by Crippen LogP contribution is -2.30. The summed E-state index contributed by atoms with van der Waals surface area (Å²) in [4.78, 5) is 4.45. The molecule has 0 aliphatic rings. The fraction of sp³-hybridized carbons (Fsp3) is 0.529. The average molecular weight is 382 g/mol. The van der Waals surface area contributed by atoms with Crippen molar-refractivity contribution in [3.63, 3.8) is 0 Å². The number of sulfonamides is 1. The Balaban J connectivity index is 2.44. The molecule has 0 spiro atoms. The summed E-state index contributed by atoms with van der Waals surface area (Å²) in [6, 6.07) is 5.03. The number of nitrogens with zero attached hydrogens (tertiary/aromatic N) is 3. The zero-order valence-corrected chi connectivity index (χ0v) is 16.6. The standard InChI is InChI=1S/C17H26N4O4S/c1-6-21(7-2)26(22,23)15-11-13(8-9-14(15)24-5)17-19-16(20-25-17)10-12(3)18-4/h8-9,11-12,18H,6-7,10H2,1-5H3. The van der Waals surface area contributed by atoms with E-state index in [0.29, 0.717) is 30.9 Å². The second-order valence-corrected chi connectivity index (χ2v) is 7.77. The quantitative estimate of drug-likeness (QED) is 0.707. The van der Waals surface area contributed by atoms with E-state index in [0.717, 1.165) is 0 Å². The van der Waals surface area contributed by atoms with Crippen molar-refractivity contribution >= 4 is 10.0 Å². The summed E-state index contributed by atoms with van der Waals surface area (Å²) >= 11 is 0. The highest BCUT2D eigenvalue weighted by Gasteiger charge is 2.27. The number of aromatic nitrogens is 2. The maximum Gasteiger partial charge on any atom is 0.257 e. The maximum absolute atomic E-state index is 12.9. The first-order valence-corrected chi connectivity index (χ1v) is 9.99. The second kappa shape index (κ2) is 8.61. The van der Waals surface area contributed by atoms with E-state index in [1.807, 2.05) is 14.0 Å². The molecule has 144 valence electrons. The molecule has 1 aromatic carbocycles. The molecule has 1 N–H and O–H groups in total. The van der Waals surface area contributed by atoms with Crippen molar-refractivity contribution in [2.24, 2.45) is 0 Å². The topological polar surface area (TPSA) is 97.6 Å². The summed E-state index contributed by atoms with van der Waals surface area (Å²) in [5.74, 6) is 1.12. The summed E-state index contributed by atoms with van der Waals surface area (Å²) in [5.41, 5.74) is 0.535. The van der Waals surface area contributed by atoms with E-state index in [1.54, 1.807) is 26.0 Å². The molecule has 0 radical (unpaired) electrons. The van der Waals surface area contributed by atoms with Gasteiger partial charge in [0.05, 0.1) is 7.11 Å². The molecule has 1 heterocycles. The lowest BCUT2D eigenvalue weighted by molar-refractivity contribution is 0.395. The van der Waals surface area contributed by atoms with Gasteiger partial charge in [0, 0.05) is 31.1 Å². The molecular formula is C17H26N4O4S. The van der Waals surface area contributed by atoms with Gasteiger partial charge in [-0.1, -0.05) is 19.0 Å². The molecule has 0 aliphatic heterocycles. The van der Waals surface area contributed by atoms with Crippen molar-refractivity contribution in [1.29, 1.82) is 0 Å². The highest BCUT2D eigenvalue weighted by molar-refractivity contribution is 7.89. The van der Waals surface area contributed by atoms with Gasteiger partial charge in [-0.3, -0.25) is 0 Å². The van der Waals surface area contributed by atoms with E-state index < -0.39 is 10.0 Å². The van der Waals surface area contributed by atoms with Crippen LogP contribution in [0.1, 0.15) is 26.6 Å². The van der Waals surface area contributed by atoms with Gasteiger partial charge >= 0.3 is 0 Å². The lowest BCUT2D eigenvalue weighted by atomic mass is 10.2. The molecule has 0 amide bonds. The van der Waals surface area contributed by atoms with Crippen LogP contribution in [0.4, 0.5) is 0 Å². The smallest absolute Gasteiger partial charge is 0.257 e. The van der Waals surface area contributed by atoms with E-state index in [1.165, 1.54) is 17.5 Å². The van der Waals surface area contributed by atoms with Crippen LogP contribution in [-0.2, 0) is 16.4 Å². The van der Waals surface area contributed by atoms with Crippen LogP contribution in [0.15, 0.2) is 27.6 Å². The predicted molar refractivity (Wildman–Crippen MR) is 98.6 cm³/mol. The highest BCUT2D eigenvalue weighted by Crippen LogP contribution is 2.31. The minimum absolute atomic E-state index is 0.0875. The van der Waals surface area contributed by atoms with Crippen molar-refractivity contribution in [2.45, 2.75) is 38.1 Å². The van der Waals surface area contributed by atoms with Gasteiger partial charge in [-0.25, -0.2) is 8.42 Å². The van der Waals surface area contributed by atoms with E-state index >= 15 is 0 Å². The number of rotatable bonds is 9. The SMILES string of the molecule is CCN(CC)S(=O)(=O)c1cc(-c2nc(CC(C)NC)no2)ccc1OC. The van der Waals surface area contributed by atoms with Gasteiger partial charge in [0.1, 0.15) is 10.6 Å². The second-order valence-electron chi connectivity index (χ2n) is 5.86. The van der Waals surface area contributed by atoms with Crippen molar-refractivity contribution in [2.75, 3.05) is 27.2 Å². The summed E-state index contributed by atoms with van der Waals surface area (Å²) in [7, 11) is -0.377. The number of ether oxygens (including phenoxy) is 1. The minimum atomic E-state index is -3.68. The number of benzene rings is 1. The molecule has 2 rings (SSSR count). The Kier molecular flexibility index (Phi) is 6.74. The molecule has 0 saturated heterocycles. The predicted octanol–water partition coefficient (Wildman–Crippen LogP) is 1.93. The van der Waals surface area contributed by atoms with Crippen molar-refractivity contribution in [3.05, 3.63) is 24.0 Å². The van der Waals surface area contributed by atoms with Gasteiger partial charge in [-0.15, -0.1) is 0 Å². The van der Waals surface area contributed by atoms with E-state index in [9.17, 15) is 8.42 Å². The van der Waals surface area contributed by atoms with Crippen LogP contribution in [0.2, 0.25) is 0 Å². The lowest BCUT2D eigenvalue weighted by Gasteiger charge is -2.20. The molecule has 0 fully saturated rings. The summed E-state index contributed by atoms with van der Waals surface area (Å²) in [5, 5.41) is 7.07. The summed E-state index contributed by atoms with van der Waals surface area (Å²) in [6.07, 6.45) is 0.612. The van der Waals surface area contributed by atoms with Crippen LogP contribution in [0.3, 0.4) is 0 Å². The van der Waals surface area contributed by atoms with Gasteiger partial charge in [-0.2, -0.15) is 9.29 Å². The Morgan fingerprint density at radius 1 is 1.31 bits per heavy atom.